The van der Waals surface area contributed by atoms with Crippen LogP contribution in [0.15, 0.2) is 17.5 Å². The number of aromatic nitrogens is 1. The molecule has 3 rings (SSSR count). The molecule has 0 radical (unpaired) electrons. The molecule has 2 heterocycles. The van der Waals surface area contributed by atoms with E-state index in [-0.39, 0.29) is 18.6 Å². The highest BCUT2D eigenvalue weighted by molar-refractivity contribution is 7.22. The summed E-state index contributed by atoms with van der Waals surface area (Å²) in [5.74, 6) is -0.566. The maximum atomic E-state index is 12.5. The molecule has 0 bridgehead atoms. The van der Waals surface area contributed by atoms with Crippen molar-refractivity contribution in [1.82, 2.24) is 9.88 Å². The maximum Gasteiger partial charge on any atom is 0.350 e. The lowest BCUT2D eigenvalue weighted by atomic mass is 9.94. The predicted molar refractivity (Wildman–Crippen MR) is 105 cm³/mol. The number of amides is 1. The van der Waals surface area contributed by atoms with E-state index in [1.165, 1.54) is 30.6 Å². The minimum atomic E-state index is -0.462. The Hall–Kier alpha value is -1.73. The molecular weight excluding hydrogens is 368 g/mol. The Morgan fingerprint density at radius 2 is 2.08 bits per heavy atom. The molecule has 1 saturated carbocycles. The summed E-state index contributed by atoms with van der Waals surface area (Å²) in [6, 6.07) is 4.22. The molecule has 5 nitrogen and oxygen atoms in total. The average Bonchev–Trinajstić information content (AvgIpc) is 3.31. The molecule has 2 aromatic heterocycles. The third-order valence-electron chi connectivity index (χ3n) is 4.72. The molecule has 0 aromatic carbocycles. The fourth-order valence-corrected chi connectivity index (χ4v) is 5.15. The number of hydrogen-bond donors (Lipinski definition) is 0. The van der Waals surface area contributed by atoms with Gasteiger partial charge in [-0.2, -0.15) is 0 Å². The maximum absolute atomic E-state index is 12.5. The van der Waals surface area contributed by atoms with E-state index in [1.807, 2.05) is 29.3 Å². The van der Waals surface area contributed by atoms with Gasteiger partial charge in [-0.25, -0.2) is 9.78 Å². The number of aryl methyl sites for hydroxylation is 1. The summed E-state index contributed by atoms with van der Waals surface area (Å²) in [6.07, 6.45) is 5.67. The number of rotatable bonds is 6. The molecule has 26 heavy (non-hydrogen) atoms. The summed E-state index contributed by atoms with van der Waals surface area (Å²) in [7, 11) is 0. The Morgan fingerprint density at radius 3 is 2.73 bits per heavy atom. The molecular formula is C19H24N2O3S2. The summed E-state index contributed by atoms with van der Waals surface area (Å²) < 4.78 is 5.32. The number of nitrogens with zero attached hydrogens (tertiary/aromatic N) is 2. The highest BCUT2D eigenvalue weighted by atomic mass is 32.1. The van der Waals surface area contributed by atoms with Crippen molar-refractivity contribution in [3.05, 3.63) is 28.1 Å². The van der Waals surface area contributed by atoms with Crippen LogP contribution in [0.1, 0.15) is 54.4 Å². The Balaban J connectivity index is 1.60. The molecule has 0 N–H and O–H groups in total. The minimum absolute atomic E-state index is 0.103. The van der Waals surface area contributed by atoms with Gasteiger partial charge in [-0.15, -0.1) is 22.7 Å². The molecule has 1 amide bonds. The van der Waals surface area contributed by atoms with Crippen molar-refractivity contribution in [2.75, 3.05) is 13.2 Å². The lowest BCUT2D eigenvalue weighted by Gasteiger charge is -2.33. The standard InChI is InChI=1S/C19H24N2O3S2/c1-3-21(14-8-5-4-6-9-14)16(22)12-24-19(23)17-13(2)20-18(26-17)15-10-7-11-25-15/h7,10-11,14H,3-6,8-9,12H2,1-2H3. The monoisotopic (exact) mass is 392 g/mol. The first-order valence-electron chi connectivity index (χ1n) is 9.08. The van der Waals surface area contributed by atoms with E-state index >= 15 is 0 Å². The van der Waals surface area contributed by atoms with Crippen molar-refractivity contribution in [2.45, 2.75) is 52.0 Å². The molecule has 1 aliphatic carbocycles. The minimum Gasteiger partial charge on any atom is -0.451 e. The molecule has 0 atom stereocenters. The summed E-state index contributed by atoms with van der Waals surface area (Å²) >= 11 is 2.90. The van der Waals surface area contributed by atoms with Gasteiger partial charge in [-0.1, -0.05) is 25.3 Å². The molecule has 0 unspecified atom stereocenters. The number of carbonyl (C=O) groups excluding carboxylic acids is 2. The van der Waals surface area contributed by atoms with Crippen LogP contribution in [0.4, 0.5) is 0 Å². The summed E-state index contributed by atoms with van der Waals surface area (Å²) in [5, 5.41) is 2.79. The second-order valence-corrected chi connectivity index (χ2v) is 8.41. The first-order chi connectivity index (χ1) is 12.6. The van der Waals surface area contributed by atoms with Crippen molar-refractivity contribution < 1.29 is 14.3 Å². The number of ether oxygens (including phenoxy) is 1. The van der Waals surface area contributed by atoms with E-state index in [9.17, 15) is 9.59 Å². The van der Waals surface area contributed by atoms with Crippen molar-refractivity contribution in [3.63, 3.8) is 0 Å². The van der Waals surface area contributed by atoms with Crippen molar-refractivity contribution in [1.29, 1.82) is 0 Å². The van der Waals surface area contributed by atoms with Crippen LogP contribution < -0.4 is 0 Å². The topological polar surface area (TPSA) is 59.5 Å². The predicted octanol–water partition coefficient (Wildman–Crippen LogP) is 4.52. The molecule has 0 spiro atoms. The molecule has 1 fully saturated rings. The van der Waals surface area contributed by atoms with Crippen LogP contribution in [-0.4, -0.2) is 41.0 Å². The van der Waals surface area contributed by atoms with Crippen LogP contribution in [0.2, 0.25) is 0 Å². The molecule has 1 aliphatic rings. The van der Waals surface area contributed by atoms with Crippen LogP contribution in [0, 0.1) is 6.92 Å². The number of thiophene rings is 1. The zero-order valence-electron chi connectivity index (χ0n) is 15.2. The van der Waals surface area contributed by atoms with Crippen LogP contribution in [0.3, 0.4) is 0 Å². The van der Waals surface area contributed by atoms with Crippen LogP contribution in [0.5, 0.6) is 0 Å². The Morgan fingerprint density at radius 1 is 1.31 bits per heavy atom. The van der Waals surface area contributed by atoms with E-state index in [0.29, 0.717) is 17.1 Å². The van der Waals surface area contributed by atoms with Gasteiger partial charge in [-0.3, -0.25) is 4.79 Å². The van der Waals surface area contributed by atoms with Crippen LogP contribution in [0.25, 0.3) is 9.88 Å². The molecule has 0 aliphatic heterocycles. The molecule has 140 valence electrons. The number of carbonyl (C=O) groups is 2. The SMILES string of the molecule is CCN(C(=O)COC(=O)c1sc(-c2cccs2)nc1C)C1CCCCC1. The van der Waals surface area contributed by atoms with E-state index < -0.39 is 5.97 Å². The van der Waals surface area contributed by atoms with Gasteiger partial charge in [0.15, 0.2) is 6.61 Å². The van der Waals surface area contributed by atoms with Crippen LogP contribution in [-0.2, 0) is 9.53 Å². The number of esters is 1. The third kappa shape index (κ3) is 4.32. The summed E-state index contributed by atoms with van der Waals surface area (Å²) in [5.41, 5.74) is 0.649. The molecule has 2 aromatic rings. The fourth-order valence-electron chi connectivity index (χ4n) is 3.40. The van der Waals surface area contributed by atoms with Gasteiger partial charge in [0.05, 0.1) is 10.6 Å². The van der Waals surface area contributed by atoms with E-state index in [0.717, 1.165) is 22.7 Å². The first kappa shape index (κ1) is 19.0. The second-order valence-electron chi connectivity index (χ2n) is 6.46. The van der Waals surface area contributed by atoms with Crippen LogP contribution >= 0.6 is 22.7 Å². The smallest absolute Gasteiger partial charge is 0.350 e. The Kier molecular flexibility index (Phi) is 6.43. The van der Waals surface area contributed by atoms with E-state index in [2.05, 4.69) is 4.98 Å². The van der Waals surface area contributed by atoms with Crippen molar-refractivity contribution in [3.8, 4) is 9.88 Å². The van der Waals surface area contributed by atoms with Gasteiger partial charge in [-0.05, 0) is 38.1 Å². The van der Waals surface area contributed by atoms with Gasteiger partial charge < -0.3 is 9.64 Å². The third-order valence-corrected chi connectivity index (χ3v) is 6.89. The number of thiazole rings is 1. The largest absolute Gasteiger partial charge is 0.451 e. The Bertz CT molecular complexity index is 749. The lowest BCUT2D eigenvalue weighted by molar-refractivity contribution is -0.137. The molecule has 7 heteroatoms. The normalized spacial score (nSPS) is 15.0. The fraction of sp³-hybridized carbons (Fsp3) is 0.526. The zero-order chi connectivity index (χ0) is 18.5. The zero-order valence-corrected chi connectivity index (χ0v) is 16.8. The highest BCUT2D eigenvalue weighted by Gasteiger charge is 2.26. The highest BCUT2D eigenvalue weighted by Crippen LogP contribution is 2.31. The van der Waals surface area contributed by atoms with Gasteiger partial charge in [0.1, 0.15) is 9.88 Å². The number of hydrogen-bond acceptors (Lipinski definition) is 6. The van der Waals surface area contributed by atoms with Crippen molar-refractivity contribution >= 4 is 34.6 Å². The second kappa shape index (κ2) is 8.77. The first-order valence-corrected chi connectivity index (χ1v) is 10.8. The number of likely N-dealkylation sites (N-methyl/N-ethyl adjacent to an activating group) is 1. The quantitative estimate of drug-likeness (QED) is 0.678. The van der Waals surface area contributed by atoms with Gasteiger partial charge in [0.2, 0.25) is 0 Å². The Labute approximate surface area is 162 Å². The van der Waals surface area contributed by atoms with E-state index in [4.69, 9.17) is 4.74 Å². The summed E-state index contributed by atoms with van der Waals surface area (Å²) in [4.78, 5) is 32.8. The van der Waals surface area contributed by atoms with E-state index in [1.54, 1.807) is 18.3 Å². The lowest BCUT2D eigenvalue weighted by Crippen LogP contribution is -2.43. The van der Waals surface area contributed by atoms with Crippen molar-refractivity contribution in [2.24, 2.45) is 0 Å². The average molecular weight is 393 g/mol. The van der Waals surface area contributed by atoms with Gasteiger partial charge in [0.25, 0.3) is 5.91 Å². The molecule has 0 saturated heterocycles. The van der Waals surface area contributed by atoms with Gasteiger partial charge >= 0.3 is 5.97 Å². The van der Waals surface area contributed by atoms with Gasteiger partial charge in [0, 0.05) is 12.6 Å². The summed E-state index contributed by atoms with van der Waals surface area (Å²) in [6.45, 7) is 4.24.